The van der Waals surface area contributed by atoms with Crippen LogP contribution in [0.15, 0.2) is 58.1 Å². The van der Waals surface area contributed by atoms with Crippen LogP contribution in [0.25, 0.3) is 11.2 Å². The quantitative estimate of drug-likeness (QED) is 0.501. The van der Waals surface area contributed by atoms with E-state index in [9.17, 15) is 14.4 Å². The smallest absolute Gasteiger partial charge is 0.332 e. The monoisotopic (exact) mass is 422 g/mol. The van der Waals surface area contributed by atoms with Gasteiger partial charge in [0.1, 0.15) is 11.3 Å². The molecule has 8 heteroatoms. The molecule has 30 heavy (non-hydrogen) atoms. The Bertz CT molecular complexity index is 1360. The van der Waals surface area contributed by atoms with Gasteiger partial charge >= 0.3 is 5.69 Å². The number of fused-ring (bicyclic) bond motifs is 1. The van der Waals surface area contributed by atoms with Crippen LogP contribution in [-0.4, -0.2) is 24.9 Å². The number of carbonyl (C=O) groups excluding carboxylic acids is 1. The Morgan fingerprint density at radius 1 is 1.03 bits per heavy atom. The highest BCUT2D eigenvalue weighted by Crippen LogP contribution is 2.16. The number of ketones is 1. The number of halogens is 1. The van der Waals surface area contributed by atoms with Crippen LogP contribution in [0.4, 0.5) is 0 Å². The first-order valence-electron chi connectivity index (χ1n) is 9.46. The molecule has 0 fully saturated rings. The van der Waals surface area contributed by atoms with Crippen molar-refractivity contribution in [3.05, 3.63) is 96.9 Å². The predicted octanol–water partition coefficient (Wildman–Crippen LogP) is 2.92. The summed E-state index contributed by atoms with van der Waals surface area (Å²) >= 11 is 5.87. The van der Waals surface area contributed by atoms with Crippen LogP contribution in [0.1, 0.15) is 34.2 Å². The average Bonchev–Trinajstić information content (AvgIpc) is 3.17. The lowest BCUT2D eigenvalue weighted by Gasteiger charge is -2.03. The lowest BCUT2D eigenvalue weighted by molar-refractivity contribution is 0.103. The van der Waals surface area contributed by atoms with Gasteiger partial charge in [-0.05, 0) is 36.8 Å². The van der Waals surface area contributed by atoms with E-state index in [1.165, 1.54) is 9.13 Å². The molecular weight excluding hydrogens is 404 g/mol. The van der Waals surface area contributed by atoms with Gasteiger partial charge in [-0.1, -0.05) is 35.9 Å². The highest BCUT2D eigenvalue weighted by atomic mass is 35.5. The summed E-state index contributed by atoms with van der Waals surface area (Å²) in [7, 11) is 1.60. The Morgan fingerprint density at radius 2 is 1.63 bits per heavy atom. The van der Waals surface area contributed by atoms with Gasteiger partial charge < -0.3 is 4.98 Å². The average molecular weight is 423 g/mol. The van der Waals surface area contributed by atoms with Gasteiger partial charge in [-0.25, -0.2) is 9.78 Å². The van der Waals surface area contributed by atoms with E-state index in [1.54, 1.807) is 50.4 Å². The molecule has 0 unspecified atom stereocenters. The van der Waals surface area contributed by atoms with Crippen LogP contribution >= 0.6 is 11.6 Å². The minimum Gasteiger partial charge on any atom is -0.336 e. The van der Waals surface area contributed by atoms with Crippen molar-refractivity contribution in [3.63, 3.8) is 0 Å². The maximum Gasteiger partial charge on any atom is 0.332 e. The summed E-state index contributed by atoms with van der Waals surface area (Å²) in [6.45, 7) is 2.04. The second-order valence-corrected chi connectivity index (χ2v) is 7.42. The fraction of sp³-hybridized carbons (Fsp3) is 0.182. The van der Waals surface area contributed by atoms with E-state index < -0.39 is 5.69 Å². The lowest BCUT2D eigenvalue weighted by atomic mass is 10.0. The zero-order valence-electron chi connectivity index (χ0n) is 16.5. The minimum absolute atomic E-state index is 0.0860. The first kappa shape index (κ1) is 19.8. The van der Waals surface area contributed by atoms with Crippen molar-refractivity contribution >= 4 is 28.5 Å². The van der Waals surface area contributed by atoms with Crippen LogP contribution in [0.2, 0.25) is 5.02 Å². The molecule has 152 valence electrons. The van der Waals surface area contributed by atoms with Gasteiger partial charge in [-0.2, -0.15) is 0 Å². The molecule has 0 saturated carbocycles. The lowest BCUT2D eigenvalue weighted by Crippen LogP contribution is -2.38. The second kappa shape index (κ2) is 7.76. The first-order chi connectivity index (χ1) is 14.4. The standard InChI is InChI=1S/C22H19ClN4O3/c1-3-27-21(29)18-20(26(2)22(27)30)25-17(24-18)12-13-4-6-14(7-5-13)19(28)15-8-10-16(23)11-9-15/h4-11H,3,12H2,1-2H3,(H,24,25). The molecule has 2 aromatic carbocycles. The highest BCUT2D eigenvalue weighted by molar-refractivity contribution is 6.30. The molecule has 0 aliphatic rings. The molecule has 1 N–H and O–H groups in total. The van der Waals surface area contributed by atoms with Crippen LogP contribution < -0.4 is 11.2 Å². The maximum absolute atomic E-state index is 12.6. The molecule has 0 spiro atoms. The zero-order chi connectivity index (χ0) is 21.4. The van der Waals surface area contributed by atoms with Crippen molar-refractivity contribution in [2.24, 2.45) is 7.05 Å². The van der Waals surface area contributed by atoms with E-state index >= 15 is 0 Å². The molecule has 0 radical (unpaired) electrons. The summed E-state index contributed by atoms with van der Waals surface area (Å²) in [6, 6.07) is 14.0. The summed E-state index contributed by atoms with van der Waals surface area (Å²) < 4.78 is 2.54. The van der Waals surface area contributed by atoms with E-state index in [0.29, 0.717) is 46.1 Å². The number of aromatic nitrogens is 4. The van der Waals surface area contributed by atoms with E-state index in [-0.39, 0.29) is 11.3 Å². The molecule has 0 saturated heterocycles. The molecule has 4 aromatic rings. The van der Waals surface area contributed by atoms with Crippen LogP contribution in [0.3, 0.4) is 0 Å². The Kier molecular flexibility index (Phi) is 5.13. The summed E-state index contributed by atoms with van der Waals surface area (Å²) in [4.78, 5) is 44.8. The SMILES string of the molecule is CCn1c(=O)c2[nH]c(Cc3ccc(C(=O)c4ccc(Cl)cc4)cc3)nc2n(C)c1=O. The van der Waals surface area contributed by atoms with Gasteiger partial charge in [0.2, 0.25) is 0 Å². The van der Waals surface area contributed by atoms with Gasteiger partial charge in [-0.15, -0.1) is 0 Å². The Hall–Kier alpha value is -3.45. The molecule has 7 nitrogen and oxygen atoms in total. The number of nitrogens with one attached hydrogen (secondary N) is 1. The van der Waals surface area contributed by atoms with Crippen molar-refractivity contribution in [1.82, 2.24) is 19.1 Å². The third-order valence-corrected chi connectivity index (χ3v) is 5.29. The topological polar surface area (TPSA) is 89.8 Å². The molecule has 0 bridgehead atoms. The number of aromatic amines is 1. The number of hydrogen-bond donors (Lipinski definition) is 1. The van der Waals surface area contributed by atoms with Gasteiger partial charge in [0.25, 0.3) is 5.56 Å². The number of nitrogens with zero attached hydrogens (tertiary/aromatic N) is 3. The maximum atomic E-state index is 12.6. The van der Waals surface area contributed by atoms with Gasteiger partial charge in [-0.3, -0.25) is 18.7 Å². The third-order valence-electron chi connectivity index (χ3n) is 5.04. The number of benzene rings is 2. The van der Waals surface area contributed by atoms with Crippen molar-refractivity contribution in [2.45, 2.75) is 19.9 Å². The Balaban J connectivity index is 1.61. The van der Waals surface area contributed by atoms with Crippen LogP contribution in [0, 0.1) is 0 Å². The first-order valence-corrected chi connectivity index (χ1v) is 9.84. The number of imidazole rings is 1. The number of H-pyrrole nitrogens is 1. The predicted molar refractivity (Wildman–Crippen MR) is 115 cm³/mol. The van der Waals surface area contributed by atoms with E-state index in [2.05, 4.69) is 9.97 Å². The highest BCUT2D eigenvalue weighted by Gasteiger charge is 2.15. The minimum atomic E-state index is -0.391. The van der Waals surface area contributed by atoms with E-state index in [1.807, 2.05) is 12.1 Å². The molecule has 2 aromatic heterocycles. The zero-order valence-corrected chi connectivity index (χ0v) is 17.2. The van der Waals surface area contributed by atoms with Crippen molar-refractivity contribution in [1.29, 1.82) is 0 Å². The third kappa shape index (κ3) is 3.48. The molecule has 0 atom stereocenters. The Labute approximate surface area is 176 Å². The van der Waals surface area contributed by atoms with Crippen LogP contribution in [-0.2, 0) is 20.0 Å². The van der Waals surface area contributed by atoms with Crippen molar-refractivity contribution < 1.29 is 4.79 Å². The van der Waals surface area contributed by atoms with Gasteiger partial charge in [0.05, 0.1) is 0 Å². The van der Waals surface area contributed by atoms with Crippen molar-refractivity contribution in [3.8, 4) is 0 Å². The molecule has 4 rings (SSSR count). The number of rotatable bonds is 5. The summed E-state index contributed by atoms with van der Waals surface area (Å²) in [5.41, 5.74) is 1.93. The van der Waals surface area contributed by atoms with E-state index in [4.69, 9.17) is 11.6 Å². The van der Waals surface area contributed by atoms with Crippen molar-refractivity contribution in [2.75, 3.05) is 0 Å². The summed E-state index contributed by atoms with van der Waals surface area (Å²) in [5.74, 6) is 0.486. The Morgan fingerprint density at radius 3 is 2.23 bits per heavy atom. The second-order valence-electron chi connectivity index (χ2n) is 6.98. The number of carbonyl (C=O) groups is 1. The summed E-state index contributed by atoms with van der Waals surface area (Å²) in [5, 5.41) is 0.580. The number of aryl methyl sites for hydroxylation is 1. The van der Waals surface area contributed by atoms with Gasteiger partial charge in [0.15, 0.2) is 11.4 Å². The van der Waals surface area contributed by atoms with Crippen LogP contribution in [0.5, 0.6) is 0 Å². The molecule has 2 heterocycles. The normalized spacial score (nSPS) is 11.2. The fourth-order valence-corrected chi connectivity index (χ4v) is 3.52. The molecule has 0 aliphatic carbocycles. The fourth-order valence-electron chi connectivity index (χ4n) is 3.40. The molecular formula is C22H19ClN4O3. The largest absolute Gasteiger partial charge is 0.336 e. The number of hydrogen-bond acceptors (Lipinski definition) is 4. The summed E-state index contributed by atoms with van der Waals surface area (Å²) in [6.07, 6.45) is 0.434. The van der Waals surface area contributed by atoms with E-state index in [0.717, 1.165) is 5.56 Å². The molecule has 0 amide bonds. The van der Waals surface area contributed by atoms with Gasteiger partial charge in [0, 0.05) is 36.2 Å². The molecule has 0 aliphatic heterocycles.